The number of benzene rings is 2. The molecule has 0 saturated carbocycles. The summed E-state index contributed by atoms with van der Waals surface area (Å²) in [7, 11) is 0. The van der Waals surface area contributed by atoms with Crippen LogP contribution in [0.3, 0.4) is 0 Å². The van der Waals surface area contributed by atoms with Gasteiger partial charge in [-0.05, 0) is 29.8 Å². The zero-order chi connectivity index (χ0) is 16.2. The van der Waals surface area contributed by atoms with E-state index in [0.29, 0.717) is 10.7 Å². The number of nitrogens with one attached hydrogen (secondary N) is 1. The second kappa shape index (κ2) is 6.58. The summed E-state index contributed by atoms with van der Waals surface area (Å²) in [6.45, 7) is 0.283. The van der Waals surface area contributed by atoms with Gasteiger partial charge < -0.3 is 5.32 Å². The monoisotopic (exact) mass is 330 g/mol. The molecule has 0 bridgehead atoms. The van der Waals surface area contributed by atoms with Crippen molar-refractivity contribution in [3.05, 3.63) is 76.8 Å². The van der Waals surface area contributed by atoms with E-state index in [9.17, 15) is 9.18 Å². The first kappa shape index (κ1) is 15.2. The summed E-state index contributed by atoms with van der Waals surface area (Å²) in [5.74, 6) is -0.768. The molecule has 1 aromatic heterocycles. The molecule has 0 fully saturated rings. The molecule has 1 heterocycles. The Kier molecular flexibility index (Phi) is 4.34. The molecule has 1 N–H and O–H groups in total. The van der Waals surface area contributed by atoms with Gasteiger partial charge in [0.2, 0.25) is 0 Å². The fourth-order valence-electron chi connectivity index (χ4n) is 2.02. The van der Waals surface area contributed by atoms with Crippen LogP contribution in [0.15, 0.2) is 54.7 Å². The number of aromatic nitrogens is 3. The number of carbonyl (C=O) groups is 1. The van der Waals surface area contributed by atoms with E-state index in [0.717, 1.165) is 5.56 Å². The maximum Gasteiger partial charge on any atom is 0.273 e. The number of nitrogens with zero attached hydrogens (tertiary/aromatic N) is 3. The second-order valence-electron chi connectivity index (χ2n) is 4.80. The third-order valence-electron chi connectivity index (χ3n) is 3.20. The lowest BCUT2D eigenvalue weighted by atomic mass is 10.2. The van der Waals surface area contributed by atoms with E-state index in [-0.39, 0.29) is 24.0 Å². The van der Waals surface area contributed by atoms with Crippen LogP contribution in [0.1, 0.15) is 16.1 Å². The Hall–Kier alpha value is -2.73. The van der Waals surface area contributed by atoms with Crippen molar-refractivity contribution in [1.82, 2.24) is 20.3 Å². The van der Waals surface area contributed by atoms with Crippen molar-refractivity contribution >= 4 is 17.5 Å². The minimum Gasteiger partial charge on any atom is -0.346 e. The third-order valence-corrected chi connectivity index (χ3v) is 3.56. The maximum atomic E-state index is 13.2. The molecule has 2 aromatic carbocycles. The quantitative estimate of drug-likeness (QED) is 0.800. The van der Waals surface area contributed by atoms with E-state index in [2.05, 4.69) is 15.6 Å². The van der Waals surface area contributed by atoms with Crippen LogP contribution in [0.4, 0.5) is 4.39 Å². The molecular formula is C16H12ClFN4O. The fourth-order valence-corrected chi connectivity index (χ4v) is 2.22. The van der Waals surface area contributed by atoms with Gasteiger partial charge in [-0.1, -0.05) is 41.1 Å². The Morgan fingerprint density at radius 2 is 2.04 bits per heavy atom. The zero-order valence-corrected chi connectivity index (χ0v) is 12.7. The lowest BCUT2D eigenvalue weighted by molar-refractivity contribution is 0.0946. The molecule has 1 amide bonds. The van der Waals surface area contributed by atoms with E-state index >= 15 is 0 Å². The molecule has 7 heteroatoms. The van der Waals surface area contributed by atoms with Gasteiger partial charge in [-0.2, -0.15) is 0 Å². The molecular weight excluding hydrogens is 319 g/mol. The summed E-state index contributed by atoms with van der Waals surface area (Å²) in [5, 5.41) is 10.9. The largest absolute Gasteiger partial charge is 0.346 e. The molecule has 0 aliphatic carbocycles. The van der Waals surface area contributed by atoms with E-state index in [1.54, 1.807) is 18.2 Å². The predicted octanol–water partition coefficient (Wildman–Crippen LogP) is 2.99. The third kappa shape index (κ3) is 3.54. The average molecular weight is 331 g/mol. The molecule has 0 atom stereocenters. The maximum absolute atomic E-state index is 13.2. The highest BCUT2D eigenvalue weighted by molar-refractivity contribution is 6.31. The van der Waals surface area contributed by atoms with E-state index < -0.39 is 0 Å². The molecule has 0 saturated heterocycles. The molecule has 0 radical (unpaired) electrons. The van der Waals surface area contributed by atoms with Crippen LogP contribution in [0.25, 0.3) is 5.69 Å². The summed E-state index contributed by atoms with van der Waals surface area (Å²) >= 11 is 6.03. The van der Waals surface area contributed by atoms with Gasteiger partial charge in [-0.15, -0.1) is 5.10 Å². The van der Waals surface area contributed by atoms with Crippen molar-refractivity contribution in [1.29, 1.82) is 0 Å². The minimum absolute atomic E-state index is 0.140. The molecule has 3 aromatic rings. The summed E-state index contributed by atoms with van der Waals surface area (Å²) in [6.07, 6.45) is 1.44. The predicted molar refractivity (Wildman–Crippen MR) is 83.9 cm³/mol. The molecule has 116 valence electrons. The summed E-state index contributed by atoms with van der Waals surface area (Å²) in [5.41, 5.74) is 1.43. The van der Waals surface area contributed by atoms with Crippen molar-refractivity contribution in [2.45, 2.75) is 6.54 Å². The Balaban J connectivity index is 1.70. The van der Waals surface area contributed by atoms with Crippen LogP contribution in [0.5, 0.6) is 0 Å². The van der Waals surface area contributed by atoms with Gasteiger partial charge in [0.15, 0.2) is 5.69 Å². The summed E-state index contributed by atoms with van der Waals surface area (Å²) in [4.78, 5) is 12.1. The van der Waals surface area contributed by atoms with Gasteiger partial charge >= 0.3 is 0 Å². The summed E-state index contributed by atoms with van der Waals surface area (Å²) in [6, 6.07) is 13.1. The molecule has 0 aliphatic heterocycles. The van der Waals surface area contributed by atoms with Crippen LogP contribution >= 0.6 is 11.6 Å². The van der Waals surface area contributed by atoms with Crippen LogP contribution in [-0.4, -0.2) is 20.9 Å². The average Bonchev–Trinajstić information content (AvgIpc) is 3.04. The van der Waals surface area contributed by atoms with Crippen molar-refractivity contribution in [2.75, 3.05) is 0 Å². The number of amides is 1. The normalized spacial score (nSPS) is 10.5. The van der Waals surface area contributed by atoms with E-state index in [4.69, 9.17) is 11.6 Å². The lowest BCUT2D eigenvalue weighted by Gasteiger charge is -2.04. The number of carbonyl (C=O) groups excluding carboxylic acids is 1. The molecule has 0 spiro atoms. The Labute approximate surface area is 136 Å². The Bertz CT molecular complexity index is 849. The van der Waals surface area contributed by atoms with Gasteiger partial charge in [0.25, 0.3) is 5.91 Å². The molecule has 3 rings (SSSR count). The van der Waals surface area contributed by atoms with Crippen LogP contribution in [0.2, 0.25) is 5.02 Å². The number of hydrogen-bond donors (Lipinski definition) is 1. The van der Waals surface area contributed by atoms with Crippen molar-refractivity contribution in [3.8, 4) is 5.69 Å². The Morgan fingerprint density at radius 3 is 2.83 bits per heavy atom. The standard InChI is InChI=1S/C16H12ClFN4O/c17-14-7-2-1-4-11(14)9-19-16(23)15-10-22(21-20-15)13-6-3-5-12(18)8-13/h1-8,10H,9H2,(H,19,23). The highest BCUT2D eigenvalue weighted by atomic mass is 35.5. The van der Waals surface area contributed by atoms with Crippen LogP contribution in [0, 0.1) is 5.82 Å². The van der Waals surface area contributed by atoms with Crippen molar-refractivity contribution in [3.63, 3.8) is 0 Å². The first-order valence-corrected chi connectivity index (χ1v) is 7.21. The van der Waals surface area contributed by atoms with E-state index in [1.165, 1.54) is 23.0 Å². The van der Waals surface area contributed by atoms with Gasteiger partial charge in [-0.25, -0.2) is 9.07 Å². The first-order chi connectivity index (χ1) is 11.1. The number of rotatable bonds is 4. The molecule has 0 unspecified atom stereocenters. The summed E-state index contributed by atoms with van der Waals surface area (Å²) < 4.78 is 14.6. The zero-order valence-electron chi connectivity index (χ0n) is 11.9. The highest BCUT2D eigenvalue weighted by Crippen LogP contribution is 2.14. The van der Waals surface area contributed by atoms with Crippen molar-refractivity contribution in [2.24, 2.45) is 0 Å². The lowest BCUT2D eigenvalue weighted by Crippen LogP contribution is -2.23. The molecule has 5 nitrogen and oxygen atoms in total. The number of hydrogen-bond acceptors (Lipinski definition) is 3. The van der Waals surface area contributed by atoms with Gasteiger partial charge in [0.1, 0.15) is 5.82 Å². The first-order valence-electron chi connectivity index (χ1n) is 6.83. The molecule has 0 aliphatic rings. The fraction of sp³-hybridized carbons (Fsp3) is 0.0625. The van der Waals surface area contributed by atoms with Gasteiger partial charge in [0, 0.05) is 11.6 Å². The van der Waals surface area contributed by atoms with Crippen LogP contribution in [-0.2, 0) is 6.54 Å². The second-order valence-corrected chi connectivity index (χ2v) is 5.21. The highest BCUT2D eigenvalue weighted by Gasteiger charge is 2.12. The van der Waals surface area contributed by atoms with Crippen molar-refractivity contribution < 1.29 is 9.18 Å². The SMILES string of the molecule is O=C(NCc1ccccc1Cl)c1cn(-c2cccc(F)c2)nn1. The van der Waals surface area contributed by atoms with Gasteiger partial charge in [0.05, 0.1) is 11.9 Å². The smallest absolute Gasteiger partial charge is 0.273 e. The van der Waals surface area contributed by atoms with Gasteiger partial charge in [-0.3, -0.25) is 4.79 Å². The minimum atomic E-state index is -0.386. The Morgan fingerprint density at radius 1 is 1.22 bits per heavy atom. The topological polar surface area (TPSA) is 59.8 Å². The molecule has 23 heavy (non-hydrogen) atoms. The van der Waals surface area contributed by atoms with E-state index in [1.807, 2.05) is 18.2 Å². The van der Waals surface area contributed by atoms with Crippen LogP contribution < -0.4 is 5.32 Å². The number of halogens is 2.